The van der Waals surface area contributed by atoms with Crippen molar-refractivity contribution < 1.29 is 57.1 Å². The van der Waals surface area contributed by atoms with E-state index in [0.29, 0.717) is 0 Å². The second kappa shape index (κ2) is 6.72. The first-order valence-corrected chi connectivity index (χ1v) is 5.12. The lowest BCUT2D eigenvalue weighted by molar-refractivity contribution is -0.678. The number of halogens is 2. The summed E-state index contributed by atoms with van der Waals surface area (Å²) in [6.07, 6.45) is 8.37. The van der Waals surface area contributed by atoms with Gasteiger partial charge in [-0.05, 0) is 0 Å². The van der Waals surface area contributed by atoms with Crippen molar-refractivity contribution in [3.8, 4) is 0 Å². The van der Waals surface area contributed by atoms with Crippen molar-refractivity contribution in [3.05, 3.63) is 36.4 Å². The molecule has 2 aromatic heterocycles. The lowest BCUT2D eigenvalue weighted by Gasteiger charge is -1.97. The molecule has 2 heterocycles. The topological polar surface area (TPSA) is 17.6 Å². The van der Waals surface area contributed by atoms with E-state index < -0.39 is 0 Å². The van der Waals surface area contributed by atoms with Crippen LogP contribution in [0, 0.1) is 13.8 Å². The minimum atomic E-state index is 0. The zero-order valence-corrected chi connectivity index (χ0v) is 14.9. The zero-order chi connectivity index (χ0) is 11.0. The molecule has 0 aromatic carbocycles. The van der Waals surface area contributed by atoms with E-state index in [-0.39, 0.29) is 48.0 Å². The first-order chi connectivity index (χ1) is 7.09. The van der Waals surface area contributed by atoms with Crippen molar-refractivity contribution in [3.63, 3.8) is 0 Å². The van der Waals surface area contributed by atoms with Crippen molar-refractivity contribution in [1.82, 2.24) is 9.13 Å². The van der Waals surface area contributed by atoms with Gasteiger partial charge in [0, 0.05) is 13.8 Å². The number of aryl methyl sites for hydroxylation is 2. The third kappa shape index (κ3) is 3.43. The average Bonchev–Trinajstić information content (AvgIpc) is 2.68. The van der Waals surface area contributed by atoms with E-state index in [4.69, 9.17) is 0 Å². The van der Waals surface area contributed by atoms with E-state index in [1.165, 1.54) is 11.6 Å². The van der Waals surface area contributed by atoms with Crippen LogP contribution in [-0.4, -0.2) is 9.13 Å². The Morgan fingerprint density at radius 3 is 1.47 bits per heavy atom. The van der Waals surface area contributed by atoms with Crippen molar-refractivity contribution in [1.29, 1.82) is 0 Å². The number of imidazole rings is 2. The summed E-state index contributed by atoms with van der Waals surface area (Å²) >= 11 is 0. The summed E-state index contributed by atoms with van der Waals surface area (Å²) in [4.78, 5) is 0. The minimum Gasteiger partial charge on any atom is -1.00 e. The summed E-state index contributed by atoms with van der Waals surface area (Å²) < 4.78 is 8.71. The standard InChI is InChI=1S/C11H18N4.2HI/c1-10-12(3)5-7-14(10)9-15-8-6-13(4)11(15)2;;/h5-8H,9H2,1-4H3;2*1H/q+2;;/p-2. The van der Waals surface area contributed by atoms with Crippen LogP contribution in [0.4, 0.5) is 0 Å². The van der Waals surface area contributed by atoms with Crippen molar-refractivity contribution in [2.45, 2.75) is 20.5 Å². The summed E-state index contributed by atoms with van der Waals surface area (Å²) in [6.45, 7) is 5.12. The number of hydrogen-bond acceptors (Lipinski definition) is 0. The highest BCUT2D eigenvalue weighted by atomic mass is 127. The van der Waals surface area contributed by atoms with Crippen LogP contribution in [0.5, 0.6) is 0 Å². The maximum atomic E-state index is 2.23. The molecule has 6 heteroatoms. The Morgan fingerprint density at radius 2 is 1.24 bits per heavy atom. The van der Waals surface area contributed by atoms with Crippen LogP contribution < -0.4 is 57.1 Å². The number of aromatic nitrogens is 4. The Labute approximate surface area is 136 Å². The summed E-state index contributed by atoms with van der Waals surface area (Å²) in [5.74, 6) is 2.51. The minimum absolute atomic E-state index is 0. The van der Waals surface area contributed by atoms with E-state index in [0.717, 1.165) is 6.67 Å². The summed E-state index contributed by atoms with van der Waals surface area (Å²) in [6, 6.07) is 0. The molecule has 0 aliphatic carbocycles. The van der Waals surface area contributed by atoms with Gasteiger partial charge in [0.25, 0.3) is 11.6 Å². The second-order valence-electron chi connectivity index (χ2n) is 3.99. The van der Waals surface area contributed by atoms with Gasteiger partial charge in [0.1, 0.15) is 24.8 Å². The van der Waals surface area contributed by atoms with Crippen LogP contribution in [0.25, 0.3) is 0 Å². The Hall–Kier alpha value is -0.120. The fourth-order valence-electron chi connectivity index (χ4n) is 1.66. The molecule has 0 spiro atoms. The number of hydrogen-bond donors (Lipinski definition) is 0. The van der Waals surface area contributed by atoms with Gasteiger partial charge in [0.15, 0.2) is 0 Å². The highest BCUT2D eigenvalue weighted by Crippen LogP contribution is 1.97. The molecule has 2 aromatic rings. The molecule has 0 unspecified atom stereocenters. The lowest BCUT2D eigenvalue weighted by Crippen LogP contribution is -3.00. The molecule has 0 radical (unpaired) electrons. The zero-order valence-electron chi connectivity index (χ0n) is 10.6. The van der Waals surface area contributed by atoms with Gasteiger partial charge in [-0.15, -0.1) is 0 Å². The largest absolute Gasteiger partial charge is 1.00 e. The Balaban J connectivity index is 0.00000128. The summed E-state index contributed by atoms with van der Waals surface area (Å²) in [5.41, 5.74) is 0. The fraction of sp³-hybridized carbons (Fsp3) is 0.455. The molecule has 0 fully saturated rings. The predicted octanol–water partition coefficient (Wildman–Crippen LogP) is -5.93. The van der Waals surface area contributed by atoms with E-state index in [1.807, 2.05) is 0 Å². The van der Waals surface area contributed by atoms with Crippen LogP contribution in [0.3, 0.4) is 0 Å². The molecule has 0 atom stereocenters. The van der Waals surface area contributed by atoms with E-state index in [1.54, 1.807) is 0 Å². The fourth-order valence-corrected chi connectivity index (χ4v) is 1.66. The van der Waals surface area contributed by atoms with Crippen LogP contribution in [0.2, 0.25) is 0 Å². The van der Waals surface area contributed by atoms with E-state index >= 15 is 0 Å². The summed E-state index contributed by atoms with van der Waals surface area (Å²) in [7, 11) is 4.13. The first kappa shape index (κ1) is 16.9. The molecule has 2 rings (SSSR count). The van der Waals surface area contributed by atoms with Crippen LogP contribution in [-0.2, 0) is 20.8 Å². The highest BCUT2D eigenvalue weighted by Gasteiger charge is 2.14. The molecule has 0 aliphatic heterocycles. The highest BCUT2D eigenvalue weighted by molar-refractivity contribution is 4.84. The Kier molecular flexibility index (Phi) is 6.67. The maximum absolute atomic E-state index is 2.23. The molecular weight excluding hydrogens is 442 g/mol. The van der Waals surface area contributed by atoms with Gasteiger partial charge in [0.05, 0.1) is 14.1 Å². The molecule has 4 nitrogen and oxygen atoms in total. The molecule has 0 N–H and O–H groups in total. The quantitative estimate of drug-likeness (QED) is 0.314. The number of rotatable bonds is 2. The van der Waals surface area contributed by atoms with Gasteiger partial charge in [-0.3, -0.25) is 0 Å². The first-order valence-electron chi connectivity index (χ1n) is 5.12. The van der Waals surface area contributed by atoms with Gasteiger partial charge < -0.3 is 48.0 Å². The smallest absolute Gasteiger partial charge is 0.256 e. The molecule has 0 saturated carbocycles. The third-order valence-electron chi connectivity index (χ3n) is 3.10. The van der Waals surface area contributed by atoms with Crippen LogP contribution in [0.15, 0.2) is 24.8 Å². The van der Waals surface area contributed by atoms with Gasteiger partial charge in [-0.25, -0.2) is 9.13 Å². The molecule has 0 bridgehead atoms. The van der Waals surface area contributed by atoms with Crippen molar-refractivity contribution in [2.75, 3.05) is 0 Å². The average molecular weight is 460 g/mol. The predicted molar refractivity (Wildman–Crippen MR) is 56.1 cm³/mol. The monoisotopic (exact) mass is 460 g/mol. The van der Waals surface area contributed by atoms with Crippen molar-refractivity contribution in [2.24, 2.45) is 14.1 Å². The van der Waals surface area contributed by atoms with Crippen molar-refractivity contribution >= 4 is 0 Å². The molecular formula is C11H18I2N4. The SMILES string of the molecule is Cc1n(Cn2cc[n+](C)c2C)cc[n+]1C.[I-].[I-]. The maximum Gasteiger partial charge on any atom is 0.256 e. The summed E-state index contributed by atoms with van der Waals surface area (Å²) in [5, 5.41) is 0. The van der Waals surface area contributed by atoms with Gasteiger partial charge in [0.2, 0.25) is 6.67 Å². The lowest BCUT2D eigenvalue weighted by atomic mass is 10.6. The van der Waals surface area contributed by atoms with Crippen LogP contribution in [0.1, 0.15) is 11.6 Å². The molecule has 0 amide bonds. The van der Waals surface area contributed by atoms with Crippen LogP contribution >= 0.6 is 0 Å². The van der Waals surface area contributed by atoms with Gasteiger partial charge in [-0.2, -0.15) is 9.13 Å². The Bertz CT molecular complexity index is 443. The Morgan fingerprint density at radius 1 is 0.882 bits per heavy atom. The molecule has 0 saturated heterocycles. The molecule has 0 aliphatic rings. The normalized spacial score (nSPS) is 9.65. The molecule has 17 heavy (non-hydrogen) atoms. The number of nitrogens with zero attached hydrogens (tertiary/aromatic N) is 4. The van der Waals surface area contributed by atoms with Gasteiger partial charge >= 0.3 is 0 Å². The van der Waals surface area contributed by atoms with Gasteiger partial charge in [-0.1, -0.05) is 0 Å². The molecule has 96 valence electrons. The second-order valence-corrected chi connectivity index (χ2v) is 3.99. The van der Waals surface area contributed by atoms with E-state index in [2.05, 4.69) is 71.0 Å². The van der Waals surface area contributed by atoms with E-state index in [9.17, 15) is 0 Å². The third-order valence-corrected chi connectivity index (χ3v) is 3.10.